The Kier molecular flexibility index (Phi) is 3.14. The van der Waals surface area contributed by atoms with Crippen LogP contribution in [0, 0.1) is 0 Å². The Labute approximate surface area is 93.1 Å². The molecule has 1 aromatic heterocycles. The highest BCUT2D eigenvalue weighted by Crippen LogP contribution is 2.11. The molecule has 0 spiro atoms. The van der Waals surface area contributed by atoms with Crippen molar-refractivity contribution in [3.63, 3.8) is 0 Å². The molecule has 5 heteroatoms. The summed E-state index contributed by atoms with van der Waals surface area (Å²) in [7, 11) is 0. The van der Waals surface area contributed by atoms with Gasteiger partial charge >= 0.3 is 5.69 Å². The second-order valence-electron chi connectivity index (χ2n) is 3.82. The highest BCUT2D eigenvalue weighted by molar-refractivity contribution is 5.14. The van der Waals surface area contributed by atoms with E-state index in [2.05, 4.69) is 27.7 Å². The lowest BCUT2D eigenvalue weighted by atomic mass is 10.1. The lowest BCUT2D eigenvalue weighted by Gasteiger charge is -2.09. The number of tetrazole rings is 1. The van der Waals surface area contributed by atoms with Crippen LogP contribution >= 0.6 is 0 Å². The predicted molar refractivity (Wildman–Crippen MR) is 60.1 cm³/mol. The zero-order valence-electron chi connectivity index (χ0n) is 9.13. The second-order valence-corrected chi connectivity index (χ2v) is 3.82. The van der Waals surface area contributed by atoms with Crippen LogP contribution < -0.4 is 5.69 Å². The highest BCUT2D eigenvalue weighted by Gasteiger charge is 2.09. The fourth-order valence-electron chi connectivity index (χ4n) is 1.64. The van der Waals surface area contributed by atoms with Crippen molar-refractivity contribution in [3.8, 4) is 0 Å². The SMILES string of the molecule is C[C@H](CCc1ccccc1)n1nn[nH]c1=O. The fourth-order valence-corrected chi connectivity index (χ4v) is 1.64. The van der Waals surface area contributed by atoms with Crippen molar-refractivity contribution in [3.05, 3.63) is 46.4 Å². The summed E-state index contributed by atoms with van der Waals surface area (Å²) in [6, 6.07) is 10.3. The molecule has 2 rings (SSSR count). The van der Waals surface area contributed by atoms with Gasteiger partial charge in [0, 0.05) is 0 Å². The topological polar surface area (TPSA) is 63.6 Å². The average Bonchev–Trinajstić information content (AvgIpc) is 2.74. The summed E-state index contributed by atoms with van der Waals surface area (Å²) in [5.74, 6) is 0. The van der Waals surface area contributed by atoms with Crippen molar-refractivity contribution >= 4 is 0 Å². The minimum atomic E-state index is -0.249. The number of nitrogens with zero attached hydrogens (tertiary/aromatic N) is 3. The Balaban J connectivity index is 1.97. The number of aryl methyl sites for hydroxylation is 1. The van der Waals surface area contributed by atoms with Crippen molar-refractivity contribution in [2.24, 2.45) is 0 Å². The van der Waals surface area contributed by atoms with Crippen molar-refractivity contribution in [1.29, 1.82) is 0 Å². The molecule has 1 N–H and O–H groups in total. The first-order chi connectivity index (χ1) is 7.77. The molecule has 0 unspecified atom stereocenters. The van der Waals surface area contributed by atoms with E-state index < -0.39 is 0 Å². The average molecular weight is 218 g/mol. The van der Waals surface area contributed by atoms with Crippen LogP contribution in [0.4, 0.5) is 0 Å². The van der Waals surface area contributed by atoms with Gasteiger partial charge in [-0.05, 0) is 35.8 Å². The monoisotopic (exact) mass is 218 g/mol. The van der Waals surface area contributed by atoms with Gasteiger partial charge in [-0.2, -0.15) is 4.68 Å². The number of hydrogen-bond donors (Lipinski definition) is 1. The lowest BCUT2D eigenvalue weighted by Crippen LogP contribution is -2.22. The van der Waals surface area contributed by atoms with Crippen LogP contribution in [0.15, 0.2) is 35.1 Å². The Morgan fingerprint density at radius 2 is 2.12 bits per heavy atom. The zero-order chi connectivity index (χ0) is 11.4. The van der Waals surface area contributed by atoms with Crippen LogP contribution in [0.3, 0.4) is 0 Å². The van der Waals surface area contributed by atoms with Gasteiger partial charge in [-0.15, -0.1) is 0 Å². The molecule has 0 aliphatic heterocycles. The summed E-state index contributed by atoms with van der Waals surface area (Å²) < 4.78 is 1.38. The molecule has 0 radical (unpaired) electrons. The Morgan fingerprint density at radius 1 is 1.38 bits per heavy atom. The summed E-state index contributed by atoms with van der Waals surface area (Å²) >= 11 is 0. The van der Waals surface area contributed by atoms with Crippen LogP contribution in [0.2, 0.25) is 0 Å². The van der Waals surface area contributed by atoms with Gasteiger partial charge in [0.25, 0.3) is 0 Å². The van der Waals surface area contributed by atoms with Gasteiger partial charge in [-0.1, -0.05) is 30.3 Å². The van der Waals surface area contributed by atoms with Gasteiger partial charge in [0.05, 0.1) is 6.04 Å². The molecular weight excluding hydrogens is 204 g/mol. The number of benzene rings is 1. The van der Waals surface area contributed by atoms with Crippen LogP contribution in [0.5, 0.6) is 0 Å². The van der Waals surface area contributed by atoms with Crippen molar-refractivity contribution in [2.75, 3.05) is 0 Å². The standard InChI is InChI=1S/C11H14N4O/c1-9(15-11(16)12-13-14-15)7-8-10-5-3-2-4-6-10/h2-6,9H,7-8H2,1H3,(H,12,14,16)/t9-/m1/s1. The minimum absolute atomic E-state index is 0.0615. The summed E-state index contributed by atoms with van der Waals surface area (Å²) in [5, 5.41) is 9.49. The smallest absolute Gasteiger partial charge is 0.245 e. The zero-order valence-corrected chi connectivity index (χ0v) is 9.13. The van der Waals surface area contributed by atoms with Crippen molar-refractivity contribution < 1.29 is 0 Å². The maximum absolute atomic E-state index is 11.3. The van der Waals surface area contributed by atoms with Gasteiger partial charge in [-0.25, -0.2) is 9.89 Å². The third-order valence-electron chi connectivity index (χ3n) is 2.61. The molecule has 0 amide bonds. The van der Waals surface area contributed by atoms with E-state index in [-0.39, 0.29) is 11.7 Å². The van der Waals surface area contributed by atoms with E-state index in [9.17, 15) is 4.79 Å². The molecule has 0 aliphatic carbocycles. The molecule has 0 saturated heterocycles. The molecule has 1 heterocycles. The maximum Gasteiger partial charge on any atom is 0.361 e. The van der Waals surface area contributed by atoms with E-state index >= 15 is 0 Å². The first kappa shape index (κ1) is 10.6. The second kappa shape index (κ2) is 4.74. The van der Waals surface area contributed by atoms with Gasteiger partial charge in [0.15, 0.2) is 0 Å². The molecule has 0 bridgehead atoms. The molecule has 2 aromatic rings. The quantitative estimate of drug-likeness (QED) is 0.837. The lowest BCUT2D eigenvalue weighted by molar-refractivity contribution is 0.437. The summed E-state index contributed by atoms with van der Waals surface area (Å²) in [5.41, 5.74) is 1.02. The number of H-pyrrole nitrogens is 1. The van der Waals surface area contributed by atoms with E-state index in [1.54, 1.807) is 0 Å². The molecular formula is C11H14N4O. The first-order valence-electron chi connectivity index (χ1n) is 5.31. The summed E-state index contributed by atoms with van der Waals surface area (Å²) in [4.78, 5) is 11.3. The molecule has 84 valence electrons. The molecule has 0 fully saturated rings. The van der Waals surface area contributed by atoms with E-state index in [1.165, 1.54) is 10.2 Å². The molecule has 0 saturated carbocycles. The number of aromatic nitrogens is 4. The normalized spacial score (nSPS) is 12.6. The van der Waals surface area contributed by atoms with Gasteiger partial charge in [0.1, 0.15) is 0 Å². The fraction of sp³-hybridized carbons (Fsp3) is 0.364. The van der Waals surface area contributed by atoms with Crippen molar-refractivity contribution in [1.82, 2.24) is 20.2 Å². The predicted octanol–water partition coefficient (Wildman–Crippen LogP) is 1.16. The third-order valence-corrected chi connectivity index (χ3v) is 2.61. The van der Waals surface area contributed by atoms with Gasteiger partial charge in [0.2, 0.25) is 0 Å². The molecule has 5 nitrogen and oxygen atoms in total. The summed E-state index contributed by atoms with van der Waals surface area (Å²) in [6.07, 6.45) is 1.80. The van der Waals surface area contributed by atoms with Crippen LogP contribution in [-0.2, 0) is 6.42 Å². The molecule has 1 aromatic carbocycles. The first-order valence-corrected chi connectivity index (χ1v) is 5.31. The third kappa shape index (κ3) is 2.36. The summed E-state index contributed by atoms with van der Waals surface area (Å²) in [6.45, 7) is 1.97. The molecule has 1 atom stereocenters. The van der Waals surface area contributed by atoms with Gasteiger partial charge in [-0.3, -0.25) is 0 Å². The van der Waals surface area contributed by atoms with E-state index in [4.69, 9.17) is 0 Å². The van der Waals surface area contributed by atoms with Crippen LogP contribution in [-0.4, -0.2) is 20.2 Å². The number of hydrogen-bond acceptors (Lipinski definition) is 3. The number of rotatable bonds is 4. The highest BCUT2D eigenvalue weighted by atomic mass is 16.2. The minimum Gasteiger partial charge on any atom is -0.245 e. The molecule has 16 heavy (non-hydrogen) atoms. The van der Waals surface area contributed by atoms with Gasteiger partial charge < -0.3 is 0 Å². The maximum atomic E-state index is 11.3. The van der Waals surface area contributed by atoms with E-state index in [0.717, 1.165) is 12.8 Å². The Bertz CT molecular complexity index is 488. The van der Waals surface area contributed by atoms with Crippen molar-refractivity contribution in [2.45, 2.75) is 25.8 Å². The Hall–Kier alpha value is -1.91. The van der Waals surface area contributed by atoms with E-state index in [1.807, 2.05) is 25.1 Å². The largest absolute Gasteiger partial charge is 0.361 e. The number of aromatic amines is 1. The Morgan fingerprint density at radius 3 is 2.75 bits per heavy atom. The molecule has 0 aliphatic rings. The van der Waals surface area contributed by atoms with E-state index in [0.29, 0.717) is 0 Å². The number of nitrogens with one attached hydrogen (secondary N) is 1. The van der Waals surface area contributed by atoms with Crippen LogP contribution in [0.25, 0.3) is 0 Å². The van der Waals surface area contributed by atoms with Crippen LogP contribution in [0.1, 0.15) is 24.9 Å².